The van der Waals surface area contributed by atoms with Crippen molar-refractivity contribution in [3.63, 3.8) is 0 Å². The molecular formula is C12H20N2O2. The molecule has 16 heavy (non-hydrogen) atoms. The summed E-state index contributed by atoms with van der Waals surface area (Å²) in [7, 11) is 1.68. The van der Waals surface area contributed by atoms with E-state index in [0.717, 1.165) is 31.4 Å². The van der Waals surface area contributed by atoms with E-state index < -0.39 is 0 Å². The molecule has 4 heteroatoms. The number of nitrogens with zero attached hydrogens (tertiary/aromatic N) is 1. The number of hydrogen-bond acceptors (Lipinski definition) is 4. The fourth-order valence-electron chi connectivity index (χ4n) is 1.43. The first-order valence-electron chi connectivity index (χ1n) is 5.60. The number of ether oxygens (including phenoxy) is 2. The van der Waals surface area contributed by atoms with Crippen LogP contribution < -0.4 is 5.73 Å². The maximum atomic E-state index is 5.74. The quantitative estimate of drug-likeness (QED) is 0.682. The molecule has 90 valence electrons. The van der Waals surface area contributed by atoms with Crippen LogP contribution in [-0.2, 0) is 15.9 Å². The van der Waals surface area contributed by atoms with Gasteiger partial charge in [-0.1, -0.05) is 6.07 Å². The van der Waals surface area contributed by atoms with Gasteiger partial charge in [0.1, 0.15) is 5.82 Å². The molecule has 0 aliphatic carbocycles. The van der Waals surface area contributed by atoms with Crippen LogP contribution in [0.4, 0.5) is 5.82 Å². The van der Waals surface area contributed by atoms with Gasteiger partial charge in [-0.05, 0) is 30.9 Å². The lowest BCUT2D eigenvalue weighted by molar-refractivity contribution is 0.0688. The average Bonchev–Trinajstić information content (AvgIpc) is 2.30. The number of rotatable bonds is 8. The molecule has 1 rings (SSSR count). The van der Waals surface area contributed by atoms with Gasteiger partial charge in [-0.3, -0.25) is 0 Å². The standard InChI is InChI=1S/C12H20N2O2/c1-15-9-10-16-8-3-2-5-11-6-4-7-14-12(11)13/h4,6-7H,2-3,5,8-10H2,1H3,(H2,13,14). The summed E-state index contributed by atoms with van der Waals surface area (Å²) in [6.07, 6.45) is 4.79. The Morgan fingerprint density at radius 1 is 1.25 bits per heavy atom. The smallest absolute Gasteiger partial charge is 0.126 e. The van der Waals surface area contributed by atoms with E-state index in [9.17, 15) is 0 Å². The predicted molar refractivity (Wildman–Crippen MR) is 64.3 cm³/mol. The van der Waals surface area contributed by atoms with Crippen LogP contribution in [0, 0.1) is 0 Å². The van der Waals surface area contributed by atoms with Gasteiger partial charge in [0.2, 0.25) is 0 Å². The van der Waals surface area contributed by atoms with E-state index in [-0.39, 0.29) is 0 Å². The van der Waals surface area contributed by atoms with E-state index in [4.69, 9.17) is 15.2 Å². The number of anilines is 1. The van der Waals surface area contributed by atoms with Crippen LogP contribution >= 0.6 is 0 Å². The molecule has 0 atom stereocenters. The Kier molecular flexibility index (Phi) is 6.53. The predicted octanol–water partition coefficient (Wildman–Crippen LogP) is 1.65. The fourth-order valence-corrected chi connectivity index (χ4v) is 1.43. The third-order valence-corrected chi connectivity index (χ3v) is 2.34. The number of methoxy groups -OCH3 is 1. The summed E-state index contributed by atoms with van der Waals surface area (Å²) >= 11 is 0. The first-order valence-corrected chi connectivity index (χ1v) is 5.60. The Morgan fingerprint density at radius 2 is 2.12 bits per heavy atom. The van der Waals surface area contributed by atoms with Crippen molar-refractivity contribution >= 4 is 5.82 Å². The highest BCUT2D eigenvalue weighted by Crippen LogP contribution is 2.10. The molecule has 2 N–H and O–H groups in total. The van der Waals surface area contributed by atoms with Crippen LogP contribution in [0.15, 0.2) is 18.3 Å². The normalized spacial score (nSPS) is 10.6. The van der Waals surface area contributed by atoms with Crippen molar-refractivity contribution < 1.29 is 9.47 Å². The van der Waals surface area contributed by atoms with Gasteiger partial charge < -0.3 is 15.2 Å². The molecular weight excluding hydrogens is 204 g/mol. The lowest BCUT2D eigenvalue weighted by Crippen LogP contribution is -2.03. The highest BCUT2D eigenvalue weighted by Gasteiger charge is 1.98. The second-order valence-electron chi connectivity index (χ2n) is 3.61. The molecule has 0 bridgehead atoms. The number of unbranched alkanes of at least 4 members (excludes halogenated alkanes) is 1. The zero-order chi connectivity index (χ0) is 11.6. The van der Waals surface area contributed by atoms with Gasteiger partial charge in [-0.15, -0.1) is 0 Å². The van der Waals surface area contributed by atoms with Gasteiger partial charge in [0.25, 0.3) is 0 Å². The second kappa shape index (κ2) is 8.07. The molecule has 4 nitrogen and oxygen atoms in total. The second-order valence-corrected chi connectivity index (χ2v) is 3.61. The Bertz CT molecular complexity index is 292. The summed E-state index contributed by atoms with van der Waals surface area (Å²) in [6.45, 7) is 2.12. The Balaban J connectivity index is 2.05. The van der Waals surface area contributed by atoms with Gasteiger partial charge in [-0.25, -0.2) is 4.98 Å². The van der Waals surface area contributed by atoms with E-state index in [2.05, 4.69) is 4.98 Å². The SMILES string of the molecule is COCCOCCCCc1cccnc1N. The highest BCUT2D eigenvalue weighted by molar-refractivity contribution is 5.38. The fraction of sp³-hybridized carbons (Fsp3) is 0.583. The molecule has 0 radical (unpaired) electrons. The van der Waals surface area contributed by atoms with Gasteiger partial charge >= 0.3 is 0 Å². The molecule has 0 unspecified atom stereocenters. The van der Waals surface area contributed by atoms with Gasteiger partial charge in [0.05, 0.1) is 13.2 Å². The minimum Gasteiger partial charge on any atom is -0.383 e. The molecule has 0 spiro atoms. The van der Waals surface area contributed by atoms with Crippen LogP contribution in [0.3, 0.4) is 0 Å². The molecule has 1 heterocycles. The molecule has 1 aromatic heterocycles. The molecule has 0 aliphatic rings. The van der Waals surface area contributed by atoms with Crippen molar-refractivity contribution in [1.29, 1.82) is 0 Å². The minimum atomic E-state index is 0.641. The molecule has 0 fully saturated rings. The van der Waals surface area contributed by atoms with Crippen molar-refractivity contribution in [2.45, 2.75) is 19.3 Å². The van der Waals surface area contributed by atoms with Gasteiger partial charge in [-0.2, -0.15) is 0 Å². The van der Waals surface area contributed by atoms with Crippen LogP contribution in [0.1, 0.15) is 18.4 Å². The molecule has 0 aromatic carbocycles. The third kappa shape index (κ3) is 5.09. The molecule has 0 aliphatic heterocycles. The summed E-state index contributed by atoms with van der Waals surface area (Å²) in [5, 5.41) is 0. The van der Waals surface area contributed by atoms with Crippen LogP contribution in [0.5, 0.6) is 0 Å². The number of pyridine rings is 1. The molecule has 1 aromatic rings. The van der Waals surface area contributed by atoms with Crippen LogP contribution in [0.2, 0.25) is 0 Å². The maximum Gasteiger partial charge on any atom is 0.126 e. The zero-order valence-electron chi connectivity index (χ0n) is 9.82. The molecule has 0 amide bonds. The highest BCUT2D eigenvalue weighted by atomic mass is 16.5. The lowest BCUT2D eigenvalue weighted by Gasteiger charge is -2.05. The number of aryl methyl sites for hydroxylation is 1. The van der Waals surface area contributed by atoms with E-state index in [1.54, 1.807) is 13.3 Å². The monoisotopic (exact) mass is 224 g/mol. The summed E-state index contributed by atoms with van der Waals surface area (Å²) in [4.78, 5) is 4.05. The van der Waals surface area contributed by atoms with Gasteiger partial charge in [0, 0.05) is 19.9 Å². The van der Waals surface area contributed by atoms with Crippen molar-refractivity contribution in [3.8, 4) is 0 Å². The maximum absolute atomic E-state index is 5.74. The number of nitrogen functional groups attached to an aromatic ring is 1. The van der Waals surface area contributed by atoms with Crippen molar-refractivity contribution in [3.05, 3.63) is 23.9 Å². The topological polar surface area (TPSA) is 57.4 Å². The van der Waals surface area contributed by atoms with Crippen molar-refractivity contribution in [1.82, 2.24) is 4.98 Å². The first-order chi connectivity index (χ1) is 7.84. The molecule has 0 saturated carbocycles. The van der Waals surface area contributed by atoms with E-state index in [0.29, 0.717) is 19.0 Å². The summed E-state index contributed by atoms with van der Waals surface area (Å²) in [5.41, 5.74) is 6.87. The van der Waals surface area contributed by atoms with Gasteiger partial charge in [0.15, 0.2) is 0 Å². The first kappa shape index (κ1) is 12.9. The zero-order valence-corrected chi connectivity index (χ0v) is 9.82. The van der Waals surface area contributed by atoms with Crippen LogP contribution in [-0.4, -0.2) is 31.9 Å². The minimum absolute atomic E-state index is 0.641. The third-order valence-electron chi connectivity index (χ3n) is 2.34. The van der Waals surface area contributed by atoms with Crippen molar-refractivity contribution in [2.75, 3.05) is 32.7 Å². The Morgan fingerprint density at radius 3 is 2.88 bits per heavy atom. The largest absolute Gasteiger partial charge is 0.383 e. The van der Waals surface area contributed by atoms with Crippen LogP contribution in [0.25, 0.3) is 0 Å². The average molecular weight is 224 g/mol. The Labute approximate surface area is 96.8 Å². The van der Waals surface area contributed by atoms with E-state index >= 15 is 0 Å². The summed E-state index contributed by atoms with van der Waals surface area (Å²) < 4.78 is 10.3. The van der Waals surface area contributed by atoms with Crippen molar-refractivity contribution in [2.24, 2.45) is 0 Å². The Hall–Kier alpha value is -1.13. The summed E-state index contributed by atoms with van der Waals surface area (Å²) in [6, 6.07) is 3.94. The van der Waals surface area contributed by atoms with E-state index in [1.807, 2.05) is 12.1 Å². The lowest BCUT2D eigenvalue weighted by atomic mass is 10.1. The van der Waals surface area contributed by atoms with E-state index in [1.165, 1.54) is 0 Å². The number of nitrogens with two attached hydrogens (primary N) is 1. The summed E-state index contributed by atoms with van der Waals surface area (Å²) in [5.74, 6) is 0.641. The molecule has 0 saturated heterocycles. The number of aromatic nitrogens is 1. The number of hydrogen-bond donors (Lipinski definition) is 1.